The molecule has 1 fully saturated rings. The number of nitrogens with two attached hydrogens (primary N) is 2. The summed E-state index contributed by atoms with van der Waals surface area (Å²) in [5.74, 6) is 0.388. The second-order valence-electron chi connectivity index (χ2n) is 6.92. The van der Waals surface area contributed by atoms with E-state index in [1.54, 1.807) is 24.3 Å². The predicted octanol–water partition coefficient (Wildman–Crippen LogP) is 2.20. The molecule has 4 rings (SSSR count). The molecule has 1 heterocycles. The van der Waals surface area contributed by atoms with Crippen LogP contribution in [0.2, 0.25) is 0 Å². The van der Waals surface area contributed by atoms with Gasteiger partial charge in [0.25, 0.3) is 10.1 Å². The van der Waals surface area contributed by atoms with E-state index in [9.17, 15) is 13.0 Å². The van der Waals surface area contributed by atoms with Crippen LogP contribution >= 0.6 is 0 Å². The first-order valence-corrected chi connectivity index (χ1v) is 10.2. The minimum absolute atomic E-state index is 0.143. The SMILES string of the molecule is NC1=NC2(CCCCC2)N(c2ccc(S(=O)(=O)O)c3ccccc23)C(N)=N1. The van der Waals surface area contributed by atoms with Gasteiger partial charge in [0.1, 0.15) is 10.6 Å². The van der Waals surface area contributed by atoms with E-state index < -0.39 is 15.8 Å². The van der Waals surface area contributed by atoms with Gasteiger partial charge in [-0.2, -0.15) is 13.4 Å². The van der Waals surface area contributed by atoms with Gasteiger partial charge in [0, 0.05) is 10.8 Å². The lowest BCUT2D eigenvalue weighted by molar-refractivity contribution is 0.306. The molecule has 2 aromatic rings. The number of rotatable bonds is 2. The van der Waals surface area contributed by atoms with Crippen LogP contribution in [0.1, 0.15) is 32.1 Å². The lowest BCUT2D eigenvalue weighted by Crippen LogP contribution is -2.58. The van der Waals surface area contributed by atoms with Crippen molar-refractivity contribution in [3.05, 3.63) is 36.4 Å². The zero-order chi connectivity index (χ0) is 19.2. The van der Waals surface area contributed by atoms with Gasteiger partial charge < -0.3 is 11.5 Å². The molecule has 1 saturated carbocycles. The molecule has 2 aliphatic rings. The molecular formula is C18H21N5O3S. The normalized spacial score (nSPS) is 19.8. The summed E-state index contributed by atoms with van der Waals surface area (Å²) in [4.78, 5) is 10.5. The fourth-order valence-electron chi connectivity index (χ4n) is 4.15. The fourth-order valence-corrected chi connectivity index (χ4v) is 4.84. The maximum atomic E-state index is 11.8. The van der Waals surface area contributed by atoms with E-state index in [1.807, 2.05) is 11.0 Å². The third kappa shape index (κ3) is 2.92. The van der Waals surface area contributed by atoms with Crippen LogP contribution in [0.25, 0.3) is 10.8 Å². The molecule has 8 nitrogen and oxygen atoms in total. The maximum absolute atomic E-state index is 11.8. The molecule has 0 radical (unpaired) electrons. The molecule has 0 unspecified atom stereocenters. The van der Waals surface area contributed by atoms with Gasteiger partial charge in [0.05, 0.1) is 5.69 Å². The number of fused-ring (bicyclic) bond motifs is 1. The quantitative estimate of drug-likeness (QED) is 0.676. The molecule has 27 heavy (non-hydrogen) atoms. The van der Waals surface area contributed by atoms with Crippen molar-refractivity contribution in [1.29, 1.82) is 0 Å². The van der Waals surface area contributed by atoms with Crippen molar-refractivity contribution in [2.75, 3.05) is 4.90 Å². The summed E-state index contributed by atoms with van der Waals surface area (Å²) in [7, 11) is -4.36. The Hall–Kier alpha value is -2.65. The van der Waals surface area contributed by atoms with Crippen LogP contribution in [0.5, 0.6) is 0 Å². The highest BCUT2D eigenvalue weighted by atomic mass is 32.2. The Morgan fingerprint density at radius 2 is 1.67 bits per heavy atom. The molecule has 9 heteroatoms. The minimum Gasteiger partial charge on any atom is -0.369 e. The smallest absolute Gasteiger partial charge is 0.295 e. The van der Waals surface area contributed by atoms with Crippen molar-refractivity contribution in [2.45, 2.75) is 42.7 Å². The van der Waals surface area contributed by atoms with Crippen LogP contribution < -0.4 is 16.4 Å². The summed E-state index contributed by atoms with van der Waals surface area (Å²) in [6.07, 6.45) is 4.64. The van der Waals surface area contributed by atoms with Crippen LogP contribution in [0, 0.1) is 0 Å². The van der Waals surface area contributed by atoms with Crippen molar-refractivity contribution in [3.63, 3.8) is 0 Å². The molecule has 0 atom stereocenters. The molecule has 0 bridgehead atoms. The van der Waals surface area contributed by atoms with Crippen LogP contribution in [0.3, 0.4) is 0 Å². The summed E-state index contributed by atoms with van der Waals surface area (Å²) < 4.78 is 33.2. The van der Waals surface area contributed by atoms with Gasteiger partial charge in [-0.25, -0.2) is 4.99 Å². The maximum Gasteiger partial charge on any atom is 0.295 e. The molecule has 5 N–H and O–H groups in total. The number of nitrogens with zero attached hydrogens (tertiary/aromatic N) is 3. The van der Waals surface area contributed by atoms with Gasteiger partial charge in [0.2, 0.25) is 11.9 Å². The van der Waals surface area contributed by atoms with Gasteiger partial charge in [-0.3, -0.25) is 9.45 Å². The first-order chi connectivity index (χ1) is 12.8. The van der Waals surface area contributed by atoms with Crippen LogP contribution in [0.15, 0.2) is 51.3 Å². The summed E-state index contributed by atoms with van der Waals surface area (Å²) in [5.41, 5.74) is 12.2. The van der Waals surface area contributed by atoms with E-state index >= 15 is 0 Å². The number of guanidine groups is 2. The summed E-state index contributed by atoms with van der Waals surface area (Å²) in [5, 5.41) is 1.06. The number of hydrogen-bond donors (Lipinski definition) is 3. The monoisotopic (exact) mass is 387 g/mol. The van der Waals surface area contributed by atoms with Crippen LogP contribution in [-0.2, 0) is 10.1 Å². The number of aliphatic imine (C=N–C) groups is 2. The molecule has 0 aromatic heterocycles. The van der Waals surface area contributed by atoms with Crippen molar-refractivity contribution < 1.29 is 13.0 Å². The average molecular weight is 387 g/mol. The van der Waals surface area contributed by atoms with Gasteiger partial charge in [0.15, 0.2) is 0 Å². The molecule has 2 aromatic carbocycles. The average Bonchev–Trinajstić information content (AvgIpc) is 2.60. The van der Waals surface area contributed by atoms with Crippen LogP contribution in [-0.4, -0.2) is 30.6 Å². The third-order valence-electron chi connectivity index (χ3n) is 5.23. The Morgan fingerprint density at radius 3 is 2.33 bits per heavy atom. The third-order valence-corrected chi connectivity index (χ3v) is 6.14. The predicted molar refractivity (Wildman–Crippen MR) is 105 cm³/mol. The van der Waals surface area contributed by atoms with Crippen molar-refractivity contribution >= 4 is 38.5 Å². The molecule has 0 amide bonds. The molecular weight excluding hydrogens is 366 g/mol. The van der Waals surface area contributed by atoms with E-state index in [2.05, 4.69) is 9.98 Å². The van der Waals surface area contributed by atoms with E-state index in [1.165, 1.54) is 6.07 Å². The van der Waals surface area contributed by atoms with Crippen molar-refractivity contribution in [3.8, 4) is 0 Å². The lowest BCUT2D eigenvalue weighted by Gasteiger charge is -2.46. The largest absolute Gasteiger partial charge is 0.369 e. The standard InChI is InChI=1S/C18H21N5O3S/c19-16-21-17(20)23(18(22-16)10-4-1-5-11-18)14-8-9-15(27(24,25)26)13-7-3-2-6-12(13)14/h2-3,6-9H,1,4-5,10-11H2,(H,24,25,26)(H4,19,20,21,22). The molecule has 1 aliphatic carbocycles. The molecule has 0 saturated heterocycles. The topological polar surface area (TPSA) is 134 Å². The van der Waals surface area contributed by atoms with E-state index in [0.29, 0.717) is 16.5 Å². The van der Waals surface area contributed by atoms with Gasteiger partial charge in [-0.15, -0.1) is 0 Å². The molecule has 142 valence electrons. The zero-order valence-corrected chi connectivity index (χ0v) is 15.5. The van der Waals surface area contributed by atoms with E-state index in [0.717, 1.165) is 32.1 Å². The Morgan fingerprint density at radius 1 is 1.00 bits per heavy atom. The van der Waals surface area contributed by atoms with E-state index in [-0.39, 0.29) is 16.8 Å². The lowest BCUT2D eigenvalue weighted by atomic mass is 9.87. The van der Waals surface area contributed by atoms with Gasteiger partial charge in [-0.05, 0) is 37.8 Å². The summed E-state index contributed by atoms with van der Waals surface area (Å²) in [6, 6.07) is 10.0. The van der Waals surface area contributed by atoms with Gasteiger partial charge in [-0.1, -0.05) is 30.7 Å². The summed E-state index contributed by atoms with van der Waals surface area (Å²) in [6.45, 7) is 0. The second-order valence-corrected chi connectivity index (χ2v) is 8.31. The molecule has 1 spiro atoms. The van der Waals surface area contributed by atoms with Crippen LogP contribution in [0.4, 0.5) is 5.69 Å². The molecule has 1 aliphatic heterocycles. The Labute approximate surface area is 157 Å². The Balaban J connectivity index is 1.97. The zero-order valence-electron chi connectivity index (χ0n) is 14.7. The first kappa shape index (κ1) is 17.7. The number of hydrogen-bond acceptors (Lipinski definition) is 7. The number of anilines is 1. The van der Waals surface area contributed by atoms with Crippen molar-refractivity contribution in [1.82, 2.24) is 0 Å². The Bertz CT molecular complexity index is 1070. The Kier molecular flexibility index (Phi) is 4.08. The minimum atomic E-state index is -4.36. The number of benzene rings is 2. The summed E-state index contributed by atoms with van der Waals surface area (Å²) >= 11 is 0. The highest BCUT2D eigenvalue weighted by Gasteiger charge is 2.43. The van der Waals surface area contributed by atoms with Gasteiger partial charge >= 0.3 is 0 Å². The fraction of sp³-hybridized carbons (Fsp3) is 0.333. The highest BCUT2D eigenvalue weighted by Crippen LogP contribution is 2.42. The second kappa shape index (κ2) is 6.21. The first-order valence-electron chi connectivity index (χ1n) is 8.81. The van der Waals surface area contributed by atoms with E-state index in [4.69, 9.17) is 11.5 Å². The highest BCUT2D eigenvalue weighted by molar-refractivity contribution is 7.86. The van der Waals surface area contributed by atoms with Crippen molar-refractivity contribution in [2.24, 2.45) is 21.5 Å².